The summed E-state index contributed by atoms with van der Waals surface area (Å²) in [5, 5.41) is 12.3. The molecule has 0 aliphatic carbocycles. The van der Waals surface area contributed by atoms with Gasteiger partial charge in [-0.3, -0.25) is 0 Å². The number of halogens is 1. The Morgan fingerprint density at radius 3 is 2.59 bits per heavy atom. The van der Waals surface area contributed by atoms with Crippen molar-refractivity contribution in [3.05, 3.63) is 65.0 Å². The Morgan fingerprint density at radius 2 is 1.82 bits per heavy atom. The Morgan fingerprint density at radius 1 is 1.05 bits per heavy atom. The second-order valence-electron chi connectivity index (χ2n) is 5.09. The molecule has 3 rings (SSSR count). The third kappa shape index (κ3) is 2.97. The van der Waals surface area contributed by atoms with Crippen molar-refractivity contribution in [2.45, 2.75) is 19.9 Å². The van der Waals surface area contributed by atoms with E-state index in [9.17, 15) is 0 Å². The smallest absolute Gasteiger partial charge is 0.247 e. The molecule has 2 aromatic carbocycles. The minimum absolute atomic E-state index is 0.109. The summed E-state index contributed by atoms with van der Waals surface area (Å²) < 4.78 is 5.76. The van der Waals surface area contributed by atoms with Gasteiger partial charge < -0.3 is 9.73 Å². The lowest BCUT2D eigenvalue weighted by Gasteiger charge is -2.14. The van der Waals surface area contributed by atoms with Gasteiger partial charge >= 0.3 is 0 Å². The number of aromatic nitrogens is 2. The molecule has 0 amide bonds. The molecule has 4 nitrogen and oxygen atoms in total. The average molecular weight is 314 g/mol. The normalized spacial score (nSPS) is 12.1. The van der Waals surface area contributed by atoms with Crippen LogP contribution in [0.3, 0.4) is 0 Å². The summed E-state index contributed by atoms with van der Waals surface area (Å²) in [5.74, 6) is 1.06. The topological polar surface area (TPSA) is 51.0 Å². The van der Waals surface area contributed by atoms with E-state index in [4.69, 9.17) is 16.0 Å². The minimum atomic E-state index is -0.109. The number of hydrogen-bond donors (Lipinski definition) is 1. The largest absolute Gasteiger partial charge is 0.418 e. The molecule has 0 aliphatic heterocycles. The lowest BCUT2D eigenvalue weighted by atomic mass is 10.2. The molecular weight excluding hydrogens is 298 g/mol. The van der Waals surface area contributed by atoms with E-state index >= 15 is 0 Å². The molecule has 0 spiro atoms. The lowest BCUT2D eigenvalue weighted by Crippen LogP contribution is -2.08. The summed E-state index contributed by atoms with van der Waals surface area (Å²) >= 11 is 6.14. The summed E-state index contributed by atoms with van der Waals surface area (Å²) in [7, 11) is 0. The first-order chi connectivity index (χ1) is 10.6. The molecule has 0 fully saturated rings. The van der Waals surface area contributed by atoms with E-state index in [0.717, 1.165) is 21.8 Å². The van der Waals surface area contributed by atoms with E-state index in [1.165, 1.54) is 0 Å². The molecule has 0 saturated heterocycles. The Balaban J connectivity index is 1.80. The van der Waals surface area contributed by atoms with Gasteiger partial charge in [0, 0.05) is 16.3 Å². The van der Waals surface area contributed by atoms with Crippen LogP contribution >= 0.6 is 11.6 Å². The number of rotatable bonds is 4. The molecular formula is C17H16ClN3O. The second-order valence-corrected chi connectivity index (χ2v) is 5.50. The fourth-order valence-corrected chi connectivity index (χ4v) is 2.34. The summed E-state index contributed by atoms with van der Waals surface area (Å²) in [6, 6.07) is 15.4. The van der Waals surface area contributed by atoms with Crippen LogP contribution < -0.4 is 5.32 Å². The molecule has 3 aromatic rings. The van der Waals surface area contributed by atoms with Gasteiger partial charge in [-0.25, -0.2) is 0 Å². The van der Waals surface area contributed by atoms with E-state index in [1.807, 2.05) is 62.4 Å². The minimum Gasteiger partial charge on any atom is -0.418 e. The maximum atomic E-state index is 6.14. The molecule has 5 heteroatoms. The van der Waals surface area contributed by atoms with Gasteiger partial charge in [0.25, 0.3) is 0 Å². The maximum Gasteiger partial charge on any atom is 0.247 e. The van der Waals surface area contributed by atoms with Crippen LogP contribution in [0.15, 0.2) is 52.9 Å². The Labute approximate surface area is 134 Å². The first-order valence-corrected chi connectivity index (χ1v) is 7.43. The van der Waals surface area contributed by atoms with Crippen molar-refractivity contribution in [3.63, 3.8) is 0 Å². The number of hydrogen-bond acceptors (Lipinski definition) is 4. The van der Waals surface area contributed by atoms with Crippen molar-refractivity contribution in [3.8, 4) is 11.5 Å². The Hall–Kier alpha value is -2.33. The summed E-state index contributed by atoms with van der Waals surface area (Å²) in [6.45, 7) is 3.95. The molecule has 22 heavy (non-hydrogen) atoms. The van der Waals surface area contributed by atoms with Gasteiger partial charge in [-0.15, -0.1) is 10.2 Å². The quantitative estimate of drug-likeness (QED) is 0.746. The maximum absolute atomic E-state index is 6.14. The second kappa shape index (κ2) is 6.20. The van der Waals surface area contributed by atoms with E-state index in [0.29, 0.717) is 11.8 Å². The predicted octanol–water partition coefficient (Wildman–Crippen LogP) is 4.87. The zero-order chi connectivity index (χ0) is 15.5. The zero-order valence-corrected chi connectivity index (χ0v) is 13.1. The van der Waals surface area contributed by atoms with Crippen molar-refractivity contribution < 1.29 is 4.42 Å². The predicted molar refractivity (Wildman–Crippen MR) is 88.0 cm³/mol. The van der Waals surface area contributed by atoms with Gasteiger partial charge in [0.1, 0.15) is 6.04 Å². The third-order valence-electron chi connectivity index (χ3n) is 3.47. The highest BCUT2D eigenvalue weighted by Crippen LogP contribution is 2.27. The molecule has 1 atom stereocenters. The van der Waals surface area contributed by atoms with Crippen LogP contribution in [0.25, 0.3) is 11.5 Å². The number of nitrogens with one attached hydrogen (secondary N) is 1. The van der Waals surface area contributed by atoms with Gasteiger partial charge in [0.15, 0.2) is 0 Å². The van der Waals surface area contributed by atoms with Gasteiger partial charge in [0.2, 0.25) is 11.8 Å². The van der Waals surface area contributed by atoms with Crippen molar-refractivity contribution >= 4 is 17.3 Å². The monoisotopic (exact) mass is 313 g/mol. The molecule has 112 valence electrons. The van der Waals surface area contributed by atoms with E-state index in [2.05, 4.69) is 15.5 Å². The van der Waals surface area contributed by atoms with Gasteiger partial charge in [0.05, 0.1) is 0 Å². The van der Waals surface area contributed by atoms with Crippen molar-refractivity contribution in [2.75, 3.05) is 5.32 Å². The lowest BCUT2D eigenvalue weighted by molar-refractivity contribution is 0.485. The molecule has 0 bridgehead atoms. The molecule has 1 heterocycles. The third-order valence-corrected chi connectivity index (χ3v) is 3.88. The molecule has 1 N–H and O–H groups in total. The highest BCUT2D eigenvalue weighted by Gasteiger charge is 2.15. The van der Waals surface area contributed by atoms with Gasteiger partial charge in [-0.05, 0) is 43.7 Å². The van der Waals surface area contributed by atoms with Crippen LogP contribution in [0.5, 0.6) is 0 Å². The fraction of sp³-hybridized carbons (Fsp3) is 0.176. The van der Waals surface area contributed by atoms with Gasteiger partial charge in [-0.1, -0.05) is 35.9 Å². The molecule has 0 unspecified atom stereocenters. The van der Waals surface area contributed by atoms with Gasteiger partial charge in [-0.2, -0.15) is 0 Å². The van der Waals surface area contributed by atoms with E-state index in [1.54, 1.807) is 0 Å². The Kier molecular flexibility index (Phi) is 4.11. The van der Waals surface area contributed by atoms with E-state index in [-0.39, 0.29) is 6.04 Å². The number of nitrogens with zero attached hydrogens (tertiary/aromatic N) is 2. The van der Waals surface area contributed by atoms with Crippen molar-refractivity contribution in [2.24, 2.45) is 0 Å². The SMILES string of the molecule is Cc1c(Cl)cccc1N[C@H](C)c1nnc(-c2ccccc2)o1. The number of anilines is 1. The van der Waals surface area contributed by atoms with Crippen molar-refractivity contribution in [1.29, 1.82) is 0 Å². The van der Waals surface area contributed by atoms with Crippen LogP contribution in [-0.4, -0.2) is 10.2 Å². The Bertz CT molecular complexity index is 771. The fourth-order valence-electron chi connectivity index (χ4n) is 2.17. The zero-order valence-electron chi connectivity index (χ0n) is 12.4. The molecule has 1 aromatic heterocycles. The first kappa shape index (κ1) is 14.6. The molecule has 0 saturated carbocycles. The van der Waals surface area contributed by atoms with Crippen LogP contribution in [0.1, 0.15) is 24.4 Å². The van der Waals surface area contributed by atoms with E-state index < -0.39 is 0 Å². The van der Waals surface area contributed by atoms with Crippen LogP contribution in [-0.2, 0) is 0 Å². The standard InChI is InChI=1S/C17H16ClN3O/c1-11-14(18)9-6-10-15(11)19-12(2)16-20-21-17(22-16)13-7-4-3-5-8-13/h3-10,12,19H,1-2H3/t12-/m1/s1. The van der Waals surface area contributed by atoms with Crippen molar-refractivity contribution in [1.82, 2.24) is 10.2 Å². The van der Waals surface area contributed by atoms with Crippen LogP contribution in [0, 0.1) is 6.92 Å². The van der Waals surface area contributed by atoms with Crippen LogP contribution in [0.2, 0.25) is 5.02 Å². The molecule has 0 radical (unpaired) electrons. The molecule has 0 aliphatic rings. The average Bonchev–Trinajstić information content (AvgIpc) is 3.03. The number of benzene rings is 2. The summed E-state index contributed by atoms with van der Waals surface area (Å²) in [4.78, 5) is 0. The van der Waals surface area contributed by atoms with Crippen LogP contribution in [0.4, 0.5) is 5.69 Å². The highest BCUT2D eigenvalue weighted by molar-refractivity contribution is 6.31. The first-order valence-electron chi connectivity index (χ1n) is 7.05. The highest BCUT2D eigenvalue weighted by atomic mass is 35.5. The summed E-state index contributed by atoms with van der Waals surface area (Å²) in [5.41, 5.74) is 2.87. The summed E-state index contributed by atoms with van der Waals surface area (Å²) in [6.07, 6.45) is 0.